The van der Waals surface area contributed by atoms with Gasteiger partial charge in [0.25, 0.3) is 0 Å². The molecule has 2 heterocycles. The molecule has 0 aromatic carbocycles. The standard InChI is InChI=1S/C15H24BrN5/c1-7-11-15(16)13(21(6)19-11)8-12(17-4)14-9(2)18-20(5)10(14)3/h12,17H,7-8H2,1-6H3. The fourth-order valence-corrected chi connectivity index (χ4v) is 3.66. The van der Waals surface area contributed by atoms with Crippen LogP contribution in [-0.4, -0.2) is 26.6 Å². The van der Waals surface area contributed by atoms with Gasteiger partial charge in [0.15, 0.2) is 0 Å². The van der Waals surface area contributed by atoms with Gasteiger partial charge in [0, 0.05) is 37.8 Å². The zero-order valence-corrected chi connectivity index (χ0v) is 15.2. The van der Waals surface area contributed by atoms with Crippen LogP contribution in [-0.2, 0) is 26.9 Å². The van der Waals surface area contributed by atoms with Gasteiger partial charge in [-0.1, -0.05) is 6.92 Å². The lowest BCUT2D eigenvalue weighted by Crippen LogP contribution is -2.21. The SMILES string of the molecule is CCc1nn(C)c(CC(NC)c2c(C)nn(C)c2C)c1Br. The number of halogens is 1. The molecule has 2 rings (SSSR count). The minimum Gasteiger partial charge on any atom is -0.313 e. The highest BCUT2D eigenvalue weighted by molar-refractivity contribution is 9.10. The zero-order chi connectivity index (χ0) is 15.7. The molecule has 0 aliphatic rings. The van der Waals surface area contributed by atoms with Crippen LogP contribution < -0.4 is 5.32 Å². The third-order valence-electron chi connectivity index (χ3n) is 4.16. The highest BCUT2D eigenvalue weighted by Crippen LogP contribution is 2.29. The lowest BCUT2D eigenvalue weighted by Gasteiger charge is -2.17. The minimum atomic E-state index is 0.232. The molecule has 0 saturated heterocycles. The Bertz CT molecular complexity index is 641. The highest BCUT2D eigenvalue weighted by atomic mass is 79.9. The highest BCUT2D eigenvalue weighted by Gasteiger charge is 2.22. The normalized spacial score (nSPS) is 12.9. The maximum absolute atomic E-state index is 4.58. The number of rotatable bonds is 5. The maximum Gasteiger partial charge on any atom is 0.0766 e. The van der Waals surface area contributed by atoms with E-state index in [0.29, 0.717) is 0 Å². The van der Waals surface area contributed by atoms with Crippen molar-refractivity contribution in [1.82, 2.24) is 24.9 Å². The first-order valence-electron chi connectivity index (χ1n) is 7.28. The molecule has 1 N–H and O–H groups in total. The molecule has 0 amide bonds. The van der Waals surface area contributed by atoms with Gasteiger partial charge < -0.3 is 5.32 Å². The van der Waals surface area contributed by atoms with E-state index in [1.54, 1.807) is 0 Å². The fraction of sp³-hybridized carbons (Fsp3) is 0.600. The van der Waals surface area contributed by atoms with Crippen molar-refractivity contribution >= 4 is 15.9 Å². The van der Waals surface area contributed by atoms with Crippen molar-refractivity contribution < 1.29 is 0 Å². The van der Waals surface area contributed by atoms with Crippen LogP contribution in [0.25, 0.3) is 0 Å². The molecule has 0 aliphatic heterocycles. The molecule has 0 radical (unpaired) electrons. The average molecular weight is 354 g/mol. The summed E-state index contributed by atoms with van der Waals surface area (Å²) in [6, 6.07) is 0.232. The largest absolute Gasteiger partial charge is 0.313 e. The van der Waals surface area contributed by atoms with Gasteiger partial charge in [0.1, 0.15) is 0 Å². The van der Waals surface area contributed by atoms with Crippen molar-refractivity contribution in [1.29, 1.82) is 0 Å². The number of hydrogen-bond acceptors (Lipinski definition) is 3. The summed E-state index contributed by atoms with van der Waals surface area (Å²) in [7, 11) is 6.00. The molecular weight excluding hydrogens is 330 g/mol. The van der Waals surface area contributed by atoms with Gasteiger partial charge in [-0.3, -0.25) is 9.36 Å². The van der Waals surface area contributed by atoms with E-state index in [-0.39, 0.29) is 6.04 Å². The van der Waals surface area contributed by atoms with E-state index in [4.69, 9.17) is 0 Å². The van der Waals surface area contributed by atoms with E-state index >= 15 is 0 Å². The van der Waals surface area contributed by atoms with Crippen LogP contribution in [0.2, 0.25) is 0 Å². The number of nitrogens with one attached hydrogen (secondary N) is 1. The molecule has 0 aliphatic carbocycles. The van der Waals surface area contributed by atoms with Crippen molar-refractivity contribution in [2.45, 2.75) is 39.7 Å². The Morgan fingerprint density at radius 1 is 1.19 bits per heavy atom. The van der Waals surface area contributed by atoms with Gasteiger partial charge in [0.2, 0.25) is 0 Å². The first-order valence-corrected chi connectivity index (χ1v) is 8.07. The summed E-state index contributed by atoms with van der Waals surface area (Å²) in [4.78, 5) is 0. The summed E-state index contributed by atoms with van der Waals surface area (Å²) >= 11 is 3.70. The third kappa shape index (κ3) is 2.92. The lowest BCUT2D eigenvalue weighted by atomic mass is 10.00. The minimum absolute atomic E-state index is 0.232. The van der Waals surface area contributed by atoms with E-state index in [1.165, 1.54) is 17.0 Å². The lowest BCUT2D eigenvalue weighted by molar-refractivity contribution is 0.554. The van der Waals surface area contributed by atoms with Crippen LogP contribution >= 0.6 is 15.9 Å². The Hall–Kier alpha value is -1.14. The van der Waals surface area contributed by atoms with E-state index < -0.39 is 0 Å². The molecule has 21 heavy (non-hydrogen) atoms. The van der Waals surface area contributed by atoms with Gasteiger partial charge in [0.05, 0.1) is 21.6 Å². The predicted octanol–water partition coefficient (Wildman–Crippen LogP) is 2.60. The Balaban J connectivity index is 2.38. The van der Waals surface area contributed by atoms with Gasteiger partial charge in [-0.2, -0.15) is 10.2 Å². The van der Waals surface area contributed by atoms with Crippen molar-refractivity contribution in [3.05, 3.63) is 32.8 Å². The van der Waals surface area contributed by atoms with Crippen LogP contribution in [0.3, 0.4) is 0 Å². The Kier molecular flexibility index (Phi) is 4.88. The molecule has 5 nitrogen and oxygen atoms in total. The van der Waals surface area contributed by atoms with Gasteiger partial charge in [-0.15, -0.1) is 0 Å². The summed E-state index contributed by atoms with van der Waals surface area (Å²) in [6.07, 6.45) is 1.82. The van der Waals surface area contributed by atoms with Crippen molar-refractivity contribution in [3.8, 4) is 0 Å². The maximum atomic E-state index is 4.58. The van der Waals surface area contributed by atoms with Crippen LogP contribution in [0, 0.1) is 13.8 Å². The molecule has 1 atom stereocenters. The summed E-state index contributed by atoms with van der Waals surface area (Å²) in [5.41, 5.74) is 5.91. The van der Waals surface area contributed by atoms with Gasteiger partial charge in [-0.05, 0) is 43.2 Å². The van der Waals surface area contributed by atoms with E-state index in [9.17, 15) is 0 Å². The number of nitrogens with zero attached hydrogens (tertiary/aromatic N) is 4. The summed E-state index contributed by atoms with van der Waals surface area (Å²) in [5, 5.41) is 12.5. The van der Waals surface area contributed by atoms with Gasteiger partial charge in [-0.25, -0.2) is 0 Å². The predicted molar refractivity (Wildman–Crippen MR) is 88.5 cm³/mol. The second kappa shape index (κ2) is 6.32. The van der Waals surface area contributed by atoms with E-state index in [0.717, 1.165) is 28.7 Å². The van der Waals surface area contributed by atoms with E-state index in [2.05, 4.69) is 52.2 Å². The van der Waals surface area contributed by atoms with Crippen LogP contribution in [0.15, 0.2) is 4.47 Å². The molecule has 2 aromatic heterocycles. The smallest absolute Gasteiger partial charge is 0.0766 e. The van der Waals surface area contributed by atoms with Crippen molar-refractivity contribution in [2.24, 2.45) is 14.1 Å². The van der Waals surface area contributed by atoms with E-state index in [1.807, 2.05) is 30.5 Å². The Morgan fingerprint density at radius 3 is 2.29 bits per heavy atom. The molecule has 0 fully saturated rings. The van der Waals surface area contributed by atoms with Crippen molar-refractivity contribution in [3.63, 3.8) is 0 Å². The summed E-state index contributed by atoms with van der Waals surface area (Å²) < 4.78 is 5.06. The quantitative estimate of drug-likeness (QED) is 0.898. The van der Waals surface area contributed by atoms with Crippen LogP contribution in [0.4, 0.5) is 0 Å². The molecule has 116 valence electrons. The Labute approximate surface area is 134 Å². The summed E-state index contributed by atoms with van der Waals surface area (Å²) in [5.74, 6) is 0. The fourth-order valence-electron chi connectivity index (χ4n) is 2.88. The summed E-state index contributed by atoms with van der Waals surface area (Å²) in [6.45, 7) is 6.32. The topological polar surface area (TPSA) is 47.7 Å². The number of likely N-dealkylation sites (N-methyl/N-ethyl adjacent to an activating group) is 1. The zero-order valence-electron chi connectivity index (χ0n) is 13.7. The van der Waals surface area contributed by atoms with Crippen LogP contribution in [0.5, 0.6) is 0 Å². The molecule has 1 unspecified atom stereocenters. The third-order valence-corrected chi connectivity index (χ3v) is 5.08. The molecule has 0 saturated carbocycles. The molecule has 2 aromatic rings. The second-order valence-corrected chi connectivity index (χ2v) is 6.23. The van der Waals surface area contributed by atoms with Crippen molar-refractivity contribution in [2.75, 3.05) is 7.05 Å². The first-order chi connectivity index (χ1) is 9.90. The molecule has 0 bridgehead atoms. The monoisotopic (exact) mass is 353 g/mol. The first kappa shape index (κ1) is 16.2. The van der Waals surface area contributed by atoms with Crippen LogP contribution in [0.1, 0.15) is 41.3 Å². The second-order valence-electron chi connectivity index (χ2n) is 5.44. The average Bonchev–Trinajstić information content (AvgIpc) is 2.86. The number of hydrogen-bond donors (Lipinski definition) is 1. The molecular formula is C15H24BrN5. The number of aromatic nitrogens is 4. The Morgan fingerprint density at radius 2 is 1.86 bits per heavy atom. The van der Waals surface area contributed by atoms with Gasteiger partial charge >= 0.3 is 0 Å². The molecule has 0 spiro atoms. The molecule has 6 heteroatoms. The number of aryl methyl sites for hydroxylation is 4.